The minimum Gasteiger partial charge on any atom is -0.481 e. The molecule has 5 heteroatoms. The molecule has 4 N–H and O–H groups in total. The molecule has 80 valence electrons. The minimum atomic E-state index is -0.901. The van der Waals surface area contributed by atoms with E-state index in [4.69, 9.17) is 10.8 Å². The zero-order valence-electron chi connectivity index (χ0n) is 8.06. The van der Waals surface area contributed by atoms with Crippen molar-refractivity contribution in [2.75, 3.05) is 0 Å². The maximum atomic E-state index is 10.5. The quantitative estimate of drug-likeness (QED) is 0.672. The number of amides is 2. The maximum Gasteiger partial charge on any atom is 0.312 e. The number of rotatable bonds is 4. The lowest BCUT2D eigenvalue weighted by Gasteiger charge is -2.07. The third-order valence-corrected chi connectivity index (χ3v) is 1.91. The zero-order chi connectivity index (χ0) is 11.3. The van der Waals surface area contributed by atoms with Crippen molar-refractivity contribution >= 4 is 12.0 Å². The molecule has 2 amide bonds. The molecule has 1 aromatic carbocycles. The fourth-order valence-corrected chi connectivity index (χ4v) is 1.25. The predicted molar refractivity (Wildman–Crippen MR) is 54.2 cm³/mol. The molecule has 0 fully saturated rings. The van der Waals surface area contributed by atoms with Crippen LogP contribution in [0.25, 0.3) is 0 Å². The van der Waals surface area contributed by atoms with E-state index in [1.54, 1.807) is 24.3 Å². The van der Waals surface area contributed by atoms with Crippen LogP contribution in [0.1, 0.15) is 11.1 Å². The van der Waals surface area contributed by atoms with Crippen molar-refractivity contribution in [3.8, 4) is 0 Å². The Labute approximate surface area is 86.9 Å². The summed E-state index contributed by atoms with van der Waals surface area (Å²) in [6.45, 7) is 0.249. The predicted octanol–water partition coefficient (Wildman–Crippen LogP) is 0.482. The van der Waals surface area contributed by atoms with E-state index in [1.165, 1.54) is 0 Å². The number of nitrogens with two attached hydrogens (primary N) is 1. The van der Waals surface area contributed by atoms with Gasteiger partial charge in [-0.1, -0.05) is 24.3 Å². The molecule has 0 spiro atoms. The van der Waals surface area contributed by atoms with Crippen LogP contribution in [0.2, 0.25) is 0 Å². The van der Waals surface area contributed by atoms with E-state index >= 15 is 0 Å². The van der Waals surface area contributed by atoms with Gasteiger partial charge in [-0.2, -0.15) is 0 Å². The number of primary amides is 1. The number of urea groups is 1. The molecule has 0 atom stereocenters. The zero-order valence-corrected chi connectivity index (χ0v) is 8.06. The van der Waals surface area contributed by atoms with Crippen LogP contribution >= 0.6 is 0 Å². The number of carboxylic acids is 1. The molecule has 1 aromatic rings. The van der Waals surface area contributed by atoms with Gasteiger partial charge in [0.05, 0.1) is 6.42 Å². The lowest BCUT2D eigenvalue weighted by Crippen LogP contribution is -2.29. The van der Waals surface area contributed by atoms with Crippen LogP contribution in [-0.2, 0) is 17.8 Å². The van der Waals surface area contributed by atoms with Gasteiger partial charge in [-0.25, -0.2) is 4.79 Å². The van der Waals surface area contributed by atoms with Gasteiger partial charge in [0.25, 0.3) is 0 Å². The van der Waals surface area contributed by atoms with Crippen LogP contribution in [0, 0.1) is 0 Å². The summed E-state index contributed by atoms with van der Waals surface area (Å²) >= 11 is 0. The van der Waals surface area contributed by atoms with Crippen molar-refractivity contribution in [1.29, 1.82) is 0 Å². The average Bonchev–Trinajstić information content (AvgIpc) is 2.15. The summed E-state index contributed by atoms with van der Waals surface area (Å²) in [5, 5.41) is 11.1. The first-order valence-electron chi connectivity index (χ1n) is 4.41. The molecule has 15 heavy (non-hydrogen) atoms. The van der Waals surface area contributed by atoms with E-state index in [0.717, 1.165) is 5.56 Å². The average molecular weight is 208 g/mol. The van der Waals surface area contributed by atoms with Gasteiger partial charge < -0.3 is 16.2 Å². The van der Waals surface area contributed by atoms with Gasteiger partial charge in [-0.15, -0.1) is 0 Å². The second kappa shape index (κ2) is 4.99. The van der Waals surface area contributed by atoms with Crippen molar-refractivity contribution in [3.63, 3.8) is 0 Å². The van der Waals surface area contributed by atoms with Crippen molar-refractivity contribution in [1.82, 2.24) is 5.32 Å². The van der Waals surface area contributed by atoms with Crippen LogP contribution in [0.4, 0.5) is 4.79 Å². The fourth-order valence-electron chi connectivity index (χ4n) is 1.25. The number of nitrogens with one attached hydrogen (secondary N) is 1. The second-order valence-corrected chi connectivity index (χ2v) is 3.06. The normalized spacial score (nSPS) is 9.60. The Bertz CT molecular complexity index is 377. The molecule has 0 bridgehead atoms. The lowest BCUT2D eigenvalue weighted by molar-refractivity contribution is -0.136. The smallest absolute Gasteiger partial charge is 0.312 e. The summed E-state index contributed by atoms with van der Waals surface area (Å²) in [5.74, 6) is -0.901. The highest BCUT2D eigenvalue weighted by Crippen LogP contribution is 2.09. The standard InChI is InChI=1S/C10H12N2O3/c11-10(15)12-6-8-4-2-1-3-7(8)5-9(13)14/h1-4H,5-6H2,(H,13,14)(H3,11,12,15). The van der Waals surface area contributed by atoms with Crippen LogP contribution in [0.3, 0.4) is 0 Å². The summed E-state index contributed by atoms with van der Waals surface area (Å²) in [6.07, 6.45) is -0.0589. The van der Waals surface area contributed by atoms with Crippen molar-refractivity contribution in [2.24, 2.45) is 5.73 Å². The van der Waals surface area contributed by atoms with Gasteiger partial charge in [0.15, 0.2) is 0 Å². The van der Waals surface area contributed by atoms with E-state index in [1.807, 2.05) is 0 Å². The monoisotopic (exact) mass is 208 g/mol. The van der Waals surface area contributed by atoms with Gasteiger partial charge in [-0.3, -0.25) is 4.79 Å². The lowest BCUT2D eigenvalue weighted by atomic mass is 10.0. The highest BCUT2D eigenvalue weighted by atomic mass is 16.4. The van der Waals surface area contributed by atoms with Crippen molar-refractivity contribution in [2.45, 2.75) is 13.0 Å². The molecule has 0 unspecified atom stereocenters. The Morgan fingerprint density at radius 1 is 1.27 bits per heavy atom. The van der Waals surface area contributed by atoms with Crippen LogP contribution in [0.15, 0.2) is 24.3 Å². The van der Waals surface area contributed by atoms with Crippen molar-refractivity contribution < 1.29 is 14.7 Å². The molecule has 0 aliphatic carbocycles. The van der Waals surface area contributed by atoms with E-state index in [-0.39, 0.29) is 13.0 Å². The third-order valence-electron chi connectivity index (χ3n) is 1.91. The largest absolute Gasteiger partial charge is 0.481 e. The molecule has 1 rings (SSSR count). The molecule has 5 nitrogen and oxygen atoms in total. The van der Waals surface area contributed by atoms with E-state index < -0.39 is 12.0 Å². The topological polar surface area (TPSA) is 92.4 Å². The molecule has 0 aromatic heterocycles. The first kappa shape index (κ1) is 11.0. The Hall–Kier alpha value is -2.04. The van der Waals surface area contributed by atoms with Crippen LogP contribution < -0.4 is 11.1 Å². The molecule has 0 heterocycles. The van der Waals surface area contributed by atoms with E-state index in [2.05, 4.69) is 5.32 Å². The maximum absolute atomic E-state index is 10.5. The van der Waals surface area contributed by atoms with Gasteiger partial charge >= 0.3 is 12.0 Å². The Balaban J connectivity index is 2.76. The summed E-state index contributed by atoms with van der Waals surface area (Å²) < 4.78 is 0. The molecule has 0 aliphatic heterocycles. The summed E-state index contributed by atoms with van der Waals surface area (Å²) in [7, 11) is 0. The second-order valence-electron chi connectivity index (χ2n) is 3.06. The SMILES string of the molecule is NC(=O)NCc1ccccc1CC(=O)O. The highest BCUT2D eigenvalue weighted by Gasteiger charge is 2.06. The Morgan fingerprint density at radius 2 is 1.87 bits per heavy atom. The van der Waals surface area contributed by atoms with Gasteiger partial charge in [0.2, 0.25) is 0 Å². The highest BCUT2D eigenvalue weighted by molar-refractivity contribution is 5.72. The van der Waals surface area contributed by atoms with E-state index in [9.17, 15) is 9.59 Å². The minimum absolute atomic E-state index is 0.0589. The summed E-state index contributed by atoms with van der Waals surface area (Å²) in [4.78, 5) is 21.0. The van der Waals surface area contributed by atoms with Crippen LogP contribution in [-0.4, -0.2) is 17.1 Å². The summed E-state index contributed by atoms with van der Waals surface area (Å²) in [6, 6.07) is 6.38. The van der Waals surface area contributed by atoms with Gasteiger partial charge in [0, 0.05) is 6.54 Å². The first-order chi connectivity index (χ1) is 7.09. The summed E-state index contributed by atoms with van der Waals surface area (Å²) in [5.41, 5.74) is 6.37. The number of hydrogen-bond donors (Lipinski definition) is 3. The van der Waals surface area contributed by atoms with Gasteiger partial charge in [-0.05, 0) is 11.1 Å². The molecule has 0 aliphatic rings. The van der Waals surface area contributed by atoms with E-state index in [0.29, 0.717) is 5.56 Å². The number of carbonyl (C=O) groups excluding carboxylic acids is 1. The molecular formula is C10H12N2O3. The molecule has 0 saturated heterocycles. The number of carbonyl (C=O) groups is 2. The molecule has 0 saturated carbocycles. The first-order valence-corrected chi connectivity index (χ1v) is 4.41. The third kappa shape index (κ3) is 3.68. The number of aliphatic carboxylic acids is 1. The van der Waals surface area contributed by atoms with Crippen molar-refractivity contribution in [3.05, 3.63) is 35.4 Å². The molecular weight excluding hydrogens is 196 g/mol. The number of hydrogen-bond acceptors (Lipinski definition) is 2. The fraction of sp³-hybridized carbons (Fsp3) is 0.200. The van der Waals surface area contributed by atoms with Crippen LogP contribution in [0.5, 0.6) is 0 Å². The number of carboxylic acid groups (broad SMARTS) is 1. The Kier molecular flexibility index (Phi) is 3.68. The Morgan fingerprint density at radius 3 is 2.40 bits per heavy atom. The molecule has 0 radical (unpaired) electrons. The van der Waals surface area contributed by atoms with Gasteiger partial charge in [0.1, 0.15) is 0 Å². The number of benzene rings is 1.